The maximum Gasteiger partial charge on any atom is 0.355 e. The van der Waals surface area contributed by atoms with Crippen LogP contribution in [0.3, 0.4) is 0 Å². The number of aromatic nitrogens is 1. The molecule has 116 valence electrons. The largest absolute Gasteiger partial charge is 0.476 e. The maximum absolute atomic E-state index is 11.5. The van der Waals surface area contributed by atoms with Gasteiger partial charge in [0.2, 0.25) is 5.91 Å². The van der Waals surface area contributed by atoms with Crippen molar-refractivity contribution in [2.24, 2.45) is 0 Å². The average Bonchev–Trinajstić information content (AvgIpc) is 2.84. The van der Waals surface area contributed by atoms with Gasteiger partial charge in [0.25, 0.3) is 0 Å². The molecular weight excluding hydrogens is 296 g/mol. The summed E-state index contributed by atoms with van der Waals surface area (Å²) in [5.41, 5.74) is -0.0393. The van der Waals surface area contributed by atoms with Gasteiger partial charge in [-0.2, -0.15) is 0 Å². The molecule has 21 heavy (non-hydrogen) atoms. The highest BCUT2D eigenvalue weighted by atomic mass is 32.1. The fourth-order valence-electron chi connectivity index (χ4n) is 1.39. The van der Waals surface area contributed by atoms with Crippen LogP contribution < -0.4 is 16.0 Å². The number of hydrogen-bond donors (Lipinski definition) is 4. The number of carboxylic acid groups (broad SMARTS) is 1. The second-order valence-electron chi connectivity index (χ2n) is 4.51. The lowest BCUT2D eigenvalue weighted by atomic mass is 10.3. The standard InChI is InChI=1S/C12H18N4O4S/c1-7(2)15-9(17)3-4-13-12(20)14-5-10-16-8(6-21-10)11(18)19/h6-7H,3-5H2,1-2H3,(H,15,17)(H,18,19)(H2,13,14,20). The van der Waals surface area contributed by atoms with Crippen molar-refractivity contribution in [1.29, 1.82) is 0 Å². The Morgan fingerprint density at radius 1 is 1.33 bits per heavy atom. The highest BCUT2D eigenvalue weighted by molar-refractivity contribution is 7.09. The fourth-order valence-corrected chi connectivity index (χ4v) is 2.10. The topological polar surface area (TPSA) is 120 Å². The van der Waals surface area contributed by atoms with Crippen LogP contribution in [-0.2, 0) is 11.3 Å². The van der Waals surface area contributed by atoms with E-state index in [0.29, 0.717) is 5.01 Å². The minimum Gasteiger partial charge on any atom is -0.476 e. The van der Waals surface area contributed by atoms with Crippen molar-refractivity contribution in [2.45, 2.75) is 32.9 Å². The van der Waals surface area contributed by atoms with Gasteiger partial charge in [-0.25, -0.2) is 14.6 Å². The van der Waals surface area contributed by atoms with E-state index in [4.69, 9.17) is 5.11 Å². The molecule has 3 amide bonds. The van der Waals surface area contributed by atoms with Crippen LogP contribution in [0.5, 0.6) is 0 Å². The Kier molecular flexibility index (Phi) is 6.60. The van der Waals surface area contributed by atoms with Gasteiger partial charge in [0.15, 0.2) is 5.69 Å². The number of carboxylic acids is 1. The Labute approximate surface area is 126 Å². The first-order chi connectivity index (χ1) is 9.88. The Balaban J connectivity index is 2.21. The van der Waals surface area contributed by atoms with E-state index in [9.17, 15) is 14.4 Å². The van der Waals surface area contributed by atoms with Crippen LogP contribution in [0.2, 0.25) is 0 Å². The minimum atomic E-state index is -1.10. The quantitative estimate of drug-likeness (QED) is 0.586. The van der Waals surface area contributed by atoms with Gasteiger partial charge in [-0.05, 0) is 13.8 Å². The molecule has 8 nitrogen and oxygen atoms in total. The Bertz CT molecular complexity index is 515. The zero-order chi connectivity index (χ0) is 15.8. The van der Waals surface area contributed by atoms with E-state index in [-0.39, 0.29) is 37.2 Å². The molecule has 1 rings (SSSR count). The summed E-state index contributed by atoms with van der Waals surface area (Å²) < 4.78 is 0. The van der Waals surface area contributed by atoms with E-state index in [0.717, 1.165) is 11.3 Å². The second kappa shape index (κ2) is 8.20. The summed E-state index contributed by atoms with van der Waals surface area (Å²) in [6, 6.07) is -0.362. The van der Waals surface area contributed by atoms with Crippen molar-refractivity contribution < 1.29 is 19.5 Å². The van der Waals surface area contributed by atoms with Crippen LogP contribution in [0.1, 0.15) is 35.8 Å². The molecule has 9 heteroatoms. The predicted octanol–water partition coefficient (Wildman–Crippen LogP) is 0.555. The number of carbonyl (C=O) groups excluding carboxylic acids is 2. The highest BCUT2D eigenvalue weighted by Gasteiger charge is 2.09. The first-order valence-electron chi connectivity index (χ1n) is 6.37. The predicted molar refractivity (Wildman–Crippen MR) is 77.2 cm³/mol. The van der Waals surface area contributed by atoms with Gasteiger partial charge in [-0.1, -0.05) is 0 Å². The molecule has 4 N–H and O–H groups in total. The van der Waals surface area contributed by atoms with Gasteiger partial charge >= 0.3 is 12.0 Å². The molecule has 0 saturated carbocycles. The van der Waals surface area contributed by atoms with E-state index in [1.54, 1.807) is 0 Å². The van der Waals surface area contributed by atoms with Crippen molar-refractivity contribution in [3.63, 3.8) is 0 Å². The smallest absolute Gasteiger partial charge is 0.355 e. The molecule has 0 radical (unpaired) electrons. The maximum atomic E-state index is 11.5. The molecule has 0 unspecified atom stereocenters. The summed E-state index contributed by atoms with van der Waals surface area (Å²) in [5.74, 6) is -1.23. The van der Waals surface area contributed by atoms with Crippen molar-refractivity contribution in [3.05, 3.63) is 16.1 Å². The molecule has 1 heterocycles. The normalized spacial score (nSPS) is 10.2. The summed E-state index contributed by atoms with van der Waals surface area (Å²) in [4.78, 5) is 37.3. The zero-order valence-corrected chi connectivity index (χ0v) is 12.6. The molecule has 0 aromatic carbocycles. The number of thiazole rings is 1. The summed E-state index contributed by atoms with van der Waals surface area (Å²) >= 11 is 1.16. The minimum absolute atomic E-state index is 0.0393. The lowest BCUT2D eigenvalue weighted by Gasteiger charge is -2.09. The Hall–Kier alpha value is -2.16. The molecule has 0 atom stereocenters. The van der Waals surface area contributed by atoms with Gasteiger partial charge in [-0.3, -0.25) is 4.79 Å². The van der Waals surface area contributed by atoms with Crippen LogP contribution in [0, 0.1) is 0 Å². The molecular formula is C12H18N4O4S. The van der Waals surface area contributed by atoms with E-state index in [1.165, 1.54) is 5.38 Å². The Morgan fingerprint density at radius 3 is 2.62 bits per heavy atom. The number of nitrogens with one attached hydrogen (secondary N) is 3. The van der Waals surface area contributed by atoms with Crippen LogP contribution in [-0.4, -0.2) is 40.6 Å². The molecule has 0 aliphatic rings. The summed E-state index contributed by atoms with van der Waals surface area (Å²) in [6.07, 6.45) is 0.200. The van der Waals surface area contributed by atoms with Crippen LogP contribution in [0.15, 0.2) is 5.38 Å². The Morgan fingerprint density at radius 2 is 2.05 bits per heavy atom. The van der Waals surface area contributed by atoms with E-state index < -0.39 is 12.0 Å². The first-order valence-corrected chi connectivity index (χ1v) is 7.25. The number of urea groups is 1. The molecule has 0 saturated heterocycles. The summed E-state index contributed by atoms with van der Waals surface area (Å²) in [6.45, 7) is 4.08. The number of hydrogen-bond acceptors (Lipinski definition) is 5. The van der Waals surface area contributed by atoms with Crippen molar-refractivity contribution in [2.75, 3.05) is 6.54 Å². The first kappa shape index (κ1) is 16.9. The van der Waals surface area contributed by atoms with Crippen LogP contribution in [0.4, 0.5) is 4.79 Å². The van der Waals surface area contributed by atoms with Gasteiger partial charge in [0, 0.05) is 24.4 Å². The molecule has 0 bridgehead atoms. The van der Waals surface area contributed by atoms with Crippen molar-refractivity contribution in [3.8, 4) is 0 Å². The molecule has 0 aliphatic heterocycles. The third kappa shape index (κ3) is 6.70. The fraction of sp³-hybridized carbons (Fsp3) is 0.500. The monoisotopic (exact) mass is 314 g/mol. The molecule has 0 spiro atoms. The number of aromatic carboxylic acids is 1. The average molecular weight is 314 g/mol. The van der Waals surface area contributed by atoms with Crippen LogP contribution in [0.25, 0.3) is 0 Å². The third-order valence-corrected chi connectivity index (χ3v) is 3.11. The summed E-state index contributed by atoms with van der Waals surface area (Å²) in [5, 5.41) is 18.4. The van der Waals surface area contributed by atoms with Gasteiger partial charge < -0.3 is 21.1 Å². The molecule has 1 aromatic rings. The lowest BCUT2D eigenvalue weighted by molar-refractivity contribution is -0.121. The number of rotatable bonds is 7. The van der Waals surface area contributed by atoms with Crippen LogP contribution >= 0.6 is 11.3 Å². The number of carbonyl (C=O) groups is 3. The van der Waals surface area contributed by atoms with E-state index >= 15 is 0 Å². The number of amides is 3. The van der Waals surface area contributed by atoms with Gasteiger partial charge in [0.05, 0.1) is 6.54 Å². The van der Waals surface area contributed by atoms with Crippen molar-refractivity contribution in [1.82, 2.24) is 20.9 Å². The molecule has 0 aliphatic carbocycles. The van der Waals surface area contributed by atoms with Gasteiger partial charge in [0.1, 0.15) is 5.01 Å². The SMILES string of the molecule is CC(C)NC(=O)CCNC(=O)NCc1nc(C(=O)O)cs1. The zero-order valence-electron chi connectivity index (χ0n) is 11.8. The van der Waals surface area contributed by atoms with Crippen molar-refractivity contribution >= 4 is 29.2 Å². The van der Waals surface area contributed by atoms with Gasteiger partial charge in [-0.15, -0.1) is 11.3 Å². The van der Waals surface area contributed by atoms with E-state index in [1.807, 2.05) is 13.8 Å². The molecule has 1 aromatic heterocycles. The summed E-state index contributed by atoms with van der Waals surface area (Å²) in [7, 11) is 0. The third-order valence-electron chi connectivity index (χ3n) is 2.26. The van der Waals surface area contributed by atoms with E-state index in [2.05, 4.69) is 20.9 Å². The number of nitrogens with zero attached hydrogens (tertiary/aromatic N) is 1. The highest BCUT2D eigenvalue weighted by Crippen LogP contribution is 2.09. The molecule has 0 fully saturated rings. The lowest BCUT2D eigenvalue weighted by Crippen LogP contribution is -2.38. The second-order valence-corrected chi connectivity index (χ2v) is 5.46.